The van der Waals surface area contributed by atoms with E-state index in [2.05, 4.69) is 502 Å². The van der Waals surface area contributed by atoms with Crippen molar-refractivity contribution in [2.24, 2.45) is 0 Å². The first-order valence-corrected chi connectivity index (χ1v) is 56.6. The van der Waals surface area contributed by atoms with Crippen LogP contribution < -0.4 is 0 Å². The van der Waals surface area contributed by atoms with Crippen molar-refractivity contribution in [1.82, 2.24) is 22.8 Å². The van der Waals surface area contributed by atoms with Crippen molar-refractivity contribution in [3.63, 3.8) is 0 Å². The quantitative estimate of drug-likeness (QED) is 0.145. The van der Waals surface area contributed by atoms with Crippen molar-refractivity contribution in [2.45, 2.75) is 0 Å². The standard InChI is InChI=1S/2C48H28N2S2.C42H23NS3/c1-5-19-41-31(11-1)32-12-2-6-20-42(32)49(41)29-23-25-45-39(27-29)37-17-9-15-35(47(37)51-45)36-16-10-18-38-40-28-30(24-26-46(40)52-48(36)38)50-43-21-7-3-13-33(43)34-14-4-8-22-44(34)50;1-5-19-41-31(11-1)32-12-2-6-20-42(32)49(41)29-23-25-44-39(27-29)33-13-3-7-21-43(33)50(44)30-24-26-46-40(28-30)38-18-10-17-37(48(38)52-46)36-16-9-15-35-34-14-4-8-22-45(34)51-47(35)36;1-4-16-34-32(11-1)39-35(21-20-31-26-10-3-6-18-37(26)46-42(31)39)43(34)24-19-22-38-33(23-24)30-15-8-14-29(41(30)45-38)28-13-7-12-27-25-9-2-5-17-36(25)44-40(27)28/h2*1-28H;1-23H. The van der Waals surface area contributed by atoms with Gasteiger partial charge in [-0.15, -0.1) is 79.4 Å². The zero-order chi connectivity index (χ0) is 97.8. The fraction of sp³-hybridized carbons (Fsp3) is 0. The Labute approximate surface area is 885 Å². The van der Waals surface area contributed by atoms with Crippen LogP contribution in [0.25, 0.3) is 312 Å². The van der Waals surface area contributed by atoms with Crippen LogP contribution in [0.5, 0.6) is 0 Å². The van der Waals surface area contributed by atoms with E-state index in [1.807, 2.05) is 79.4 Å². The molecule has 0 amide bonds. The van der Waals surface area contributed by atoms with Gasteiger partial charge >= 0.3 is 0 Å². The van der Waals surface area contributed by atoms with Gasteiger partial charge in [0.05, 0.1) is 55.2 Å². The summed E-state index contributed by atoms with van der Waals surface area (Å²) in [6, 6.07) is 177. The summed E-state index contributed by atoms with van der Waals surface area (Å²) in [5.74, 6) is 0. The van der Waals surface area contributed by atoms with Crippen LogP contribution in [0.1, 0.15) is 0 Å². The normalized spacial score (nSPS) is 12.3. The van der Waals surface area contributed by atoms with E-state index in [9.17, 15) is 0 Å². The topological polar surface area (TPSA) is 24.6 Å². The minimum absolute atomic E-state index is 1.17. The van der Waals surface area contributed by atoms with E-state index in [-0.39, 0.29) is 0 Å². The van der Waals surface area contributed by atoms with Crippen molar-refractivity contribution in [2.75, 3.05) is 0 Å². The molecule has 0 aliphatic heterocycles. The van der Waals surface area contributed by atoms with Gasteiger partial charge in [-0.2, -0.15) is 0 Å². The lowest BCUT2D eigenvalue weighted by Gasteiger charge is -2.10. The fourth-order valence-corrected chi connectivity index (χ4v) is 33.5. The molecule has 12 heteroatoms. The maximum absolute atomic E-state index is 2.47. The summed E-state index contributed by atoms with van der Waals surface area (Å²) in [6.45, 7) is 0. The Hall–Kier alpha value is -17.4. The average Bonchev–Trinajstić information content (AvgIpc) is 1.37. The van der Waals surface area contributed by atoms with Gasteiger partial charge in [-0.3, -0.25) is 0 Å². The lowest BCUT2D eigenvalue weighted by Crippen LogP contribution is -1.95. The summed E-state index contributed by atoms with van der Waals surface area (Å²) >= 11 is 13.4. The highest BCUT2D eigenvalue weighted by molar-refractivity contribution is 7.29. The van der Waals surface area contributed by atoms with Crippen LogP contribution in [0, 0.1) is 0 Å². The minimum atomic E-state index is 1.17. The van der Waals surface area contributed by atoms with E-state index in [4.69, 9.17) is 0 Å². The molecule has 0 spiro atoms. The highest BCUT2D eigenvalue weighted by Gasteiger charge is 2.27. The van der Waals surface area contributed by atoms with Crippen LogP contribution in [-0.4, -0.2) is 22.8 Å². The molecule has 0 fully saturated rings. The van der Waals surface area contributed by atoms with Gasteiger partial charge < -0.3 is 22.8 Å². The van der Waals surface area contributed by atoms with Gasteiger partial charge in [0, 0.05) is 257 Å². The van der Waals surface area contributed by atoms with Crippen LogP contribution in [0.2, 0.25) is 0 Å². The second-order valence-corrected chi connectivity index (χ2v) is 46.7. The van der Waals surface area contributed by atoms with Gasteiger partial charge in [-0.05, 0) is 164 Å². The van der Waals surface area contributed by atoms with E-state index >= 15 is 0 Å². The third-order valence-corrected chi connectivity index (χ3v) is 40.0. The Morgan fingerprint density at radius 3 is 0.573 bits per heavy atom. The minimum Gasteiger partial charge on any atom is -0.309 e. The summed E-state index contributed by atoms with van der Waals surface area (Å²) in [5.41, 5.74) is 26.2. The second kappa shape index (κ2) is 33.1. The van der Waals surface area contributed by atoms with Gasteiger partial charge in [-0.25, -0.2) is 0 Å². The van der Waals surface area contributed by atoms with Crippen LogP contribution in [0.4, 0.5) is 0 Å². The predicted molar refractivity (Wildman–Crippen MR) is 658 cm³/mol. The molecule has 0 saturated carbocycles. The van der Waals surface area contributed by atoms with Gasteiger partial charge in [0.1, 0.15) is 0 Å². The lowest BCUT2D eigenvalue weighted by molar-refractivity contribution is 1.17. The molecule has 35 rings (SSSR count). The number of nitrogens with zero attached hydrogens (tertiary/aromatic N) is 5. The van der Waals surface area contributed by atoms with E-state index in [0.29, 0.717) is 0 Å². The molecule has 0 unspecified atom stereocenters. The predicted octanol–water partition coefficient (Wildman–Crippen LogP) is 42.1. The molecule has 12 heterocycles. The van der Waals surface area contributed by atoms with Crippen molar-refractivity contribution in [3.05, 3.63) is 479 Å². The maximum atomic E-state index is 2.47. The molecule has 0 bridgehead atoms. The molecule has 23 aromatic carbocycles. The third-order valence-electron chi connectivity index (χ3n) is 31.5. The molecule has 0 saturated heterocycles. The number of thiophene rings is 7. The number of rotatable bonds is 8. The number of fused-ring (bicyclic) bond motifs is 37. The SMILES string of the molecule is c1cc(-c2cccc3c2sc2ccc(-n4c5ccccc5c5ccccc54)cc23)c2sc3ccc(-n4c5ccccc5c5ccccc54)cc3c2c1.c1ccc2c(c1)sc1c(-c3cccc4c3sc3ccc(-n5c6ccccc6c6c7sc8ccccc8c7ccc65)cc34)cccc12.c1ccc2c(c1)sc1c(-c3cccc4c3sc3ccc(-n5c6ccccc6c6cc(-n7c8ccccc8c8ccccc87)ccc65)cc34)cccc12. The summed E-state index contributed by atoms with van der Waals surface area (Å²) in [4.78, 5) is 0. The van der Waals surface area contributed by atoms with Crippen molar-refractivity contribution < 1.29 is 0 Å². The first-order valence-electron chi connectivity index (χ1n) is 50.9. The largest absolute Gasteiger partial charge is 0.309 e. The van der Waals surface area contributed by atoms with E-state index < -0.39 is 0 Å². The smallest absolute Gasteiger partial charge is 0.0555 e. The molecule has 150 heavy (non-hydrogen) atoms. The number of aromatic nitrogens is 5. The Morgan fingerprint density at radius 2 is 0.287 bits per heavy atom. The zero-order valence-corrected chi connectivity index (χ0v) is 85.9. The summed E-state index contributed by atoms with van der Waals surface area (Å²) in [5, 5.41) is 31.4. The van der Waals surface area contributed by atoms with Gasteiger partial charge in [0.15, 0.2) is 0 Å². The first kappa shape index (κ1) is 84.8. The van der Waals surface area contributed by atoms with Crippen LogP contribution >= 0.6 is 79.4 Å². The molecule has 0 radical (unpaired) electrons. The van der Waals surface area contributed by atoms with Gasteiger partial charge in [0.25, 0.3) is 0 Å². The van der Waals surface area contributed by atoms with Gasteiger partial charge in [0.2, 0.25) is 0 Å². The summed E-state index contributed by atoms with van der Waals surface area (Å²) in [7, 11) is 0. The lowest BCUT2D eigenvalue weighted by atomic mass is 10.0. The second-order valence-electron chi connectivity index (χ2n) is 39.4. The summed E-state index contributed by atoms with van der Waals surface area (Å²) in [6.07, 6.45) is 0. The number of para-hydroxylation sites is 8. The number of hydrogen-bond donors (Lipinski definition) is 0. The maximum Gasteiger partial charge on any atom is 0.0555 e. The zero-order valence-electron chi connectivity index (χ0n) is 80.2. The van der Waals surface area contributed by atoms with E-state index in [1.165, 1.54) is 312 Å². The molecule has 0 N–H and O–H groups in total. The Bertz CT molecular complexity index is 11600. The molecule has 5 nitrogen and oxygen atoms in total. The monoisotopic (exact) mass is 2030 g/mol. The molecule has 35 aromatic rings. The number of hydrogen-bond acceptors (Lipinski definition) is 7. The van der Waals surface area contributed by atoms with Gasteiger partial charge in [-0.1, -0.05) is 315 Å². The Balaban J connectivity index is 0.0000000976. The average molecular weight is 2030 g/mol. The third kappa shape index (κ3) is 12.6. The molecular weight excluding hydrogens is 1950 g/mol. The van der Waals surface area contributed by atoms with Crippen molar-refractivity contribution >= 4 is 330 Å². The molecule has 0 aliphatic rings. The van der Waals surface area contributed by atoms with Crippen LogP contribution in [0.15, 0.2) is 479 Å². The Kier molecular flexibility index (Phi) is 18.7. The van der Waals surface area contributed by atoms with Crippen molar-refractivity contribution in [3.8, 4) is 61.8 Å². The molecule has 0 atom stereocenters. The highest BCUT2D eigenvalue weighted by Crippen LogP contribution is 2.54. The highest BCUT2D eigenvalue weighted by atomic mass is 32.1. The summed E-state index contributed by atoms with van der Waals surface area (Å²) < 4.78 is 30.9. The van der Waals surface area contributed by atoms with Crippen LogP contribution in [-0.2, 0) is 0 Å². The van der Waals surface area contributed by atoms with E-state index in [0.717, 1.165) is 0 Å². The van der Waals surface area contributed by atoms with Crippen LogP contribution in [0.3, 0.4) is 0 Å². The first-order chi connectivity index (χ1) is 74.4. The van der Waals surface area contributed by atoms with Crippen molar-refractivity contribution in [1.29, 1.82) is 0 Å². The van der Waals surface area contributed by atoms with E-state index in [1.54, 1.807) is 0 Å². The molecule has 12 aromatic heterocycles. The number of benzene rings is 23. The molecule has 0 aliphatic carbocycles. The Morgan fingerprint density at radius 1 is 0.107 bits per heavy atom. The molecular formula is C138H79N5S7. The fourth-order valence-electron chi connectivity index (χ4n) is 25.0. The molecule has 698 valence electrons.